The van der Waals surface area contributed by atoms with Gasteiger partial charge in [0, 0.05) is 0 Å². The van der Waals surface area contributed by atoms with Gasteiger partial charge in [0.1, 0.15) is 29.6 Å². The van der Waals surface area contributed by atoms with Crippen LogP contribution in [0.4, 0.5) is 4.39 Å². The van der Waals surface area contributed by atoms with Crippen molar-refractivity contribution in [3.63, 3.8) is 0 Å². The Kier molecular flexibility index (Phi) is 3.17. The summed E-state index contributed by atoms with van der Waals surface area (Å²) < 4.78 is 12.8. The van der Waals surface area contributed by atoms with Crippen LogP contribution in [-0.4, -0.2) is 0 Å². The number of halogens is 1. The van der Waals surface area contributed by atoms with Crippen molar-refractivity contribution in [1.82, 2.24) is 0 Å². The number of benzene rings is 1. The Hall–Kier alpha value is -2.64. The largest absolute Gasteiger partial charge is 0.207 e. The molecule has 0 aliphatic heterocycles. The summed E-state index contributed by atoms with van der Waals surface area (Å²) in [7, 11) is 0. The fraction of sp³-hybridized carbons (Fsp3) is 0. The Morgan fingerprint density at radius 1 is 1.07 bits per heavy atom. The summed E-state index contributed by atoms with van der Waals surface area (Å²) in [6.07, 6.45) is 0. The van der Waals surface area contributed by atoms with Gasteiger partial charge in [0.25, 0.3) is 0 Å². The molecule has 0 saturated heterocycles. The average molecular weight is 197 g/mol. The van der Waals surface area contributed by atoms with E-state index in [1.165, 1.54) is 18.2 Å². The first-order valence-corrected chi connectivity index (χ1v) is 3.93. The molecule has 3 nitrogen and oxygen atoms in total. The Balaban J connectivity index is 3.42. The quantitative estimate of drug-likeness (QED) is 0.647. The van der Waals surface area contributed by atoms with Gasteiger partial charge in [-0.05, 0) is 17.7 Å². The molecule has 0 radical (unpaired) electrons. The first kappa shape index (κ1) is 10.4. The summed E-state index contributed by atoms with van der Waals surface area (Å²) in [6, 6.07) is 10.1. The minimum atomic E-state index is -0.518. The predicted molar refractivity (Wildman–Crippen MR) is 50.2 cm³/mol. The molecule has 0 N–H and O–H groups in total. The molecule has 15 heavy (non-hydrogen) atoms. The molecule has 1 aromatic carbocycles. The third-order valence-electron chi connectivity index (χ3n) is 1.70. The molecule has 0 amide bonds. The molecule has 0 unspecified atom stereocenters. The van der Waals surface area contributed by atoms with E-state index in [-0.39, 0.29) is 16.7 Å². The van der Waals surface area contributed by atoms with Gasteiger partial charge in [-0.25, -0.2) is 4.39 Å². The van der Waals surface area contributed by atoms with Gasteiger partial charge in [-0.2, -0.15) is 15.8 Å². The zero-order chi connectivity index (χ0) is 11.3. The first-order chi connectivity index (χ1) is 7.22. The van der Waals surface area contributed by atoms with E-state index in [0.29, 0.717) is 0 Å². The molecule has 0 bridgehead atoms. The second kappa shape index (κ2) is 4.56. The molecule has 0 spiro atoms. The molecule has 4 heteroatoms. The van der Waals surface area contributed by atoms with E-state index in [9.17, 15) is 4.39 Å². The van der Waals surface area contributed by atoms with Crippen LogP contribution in [0.25, 0.3) is 5.57 Å². The highest BCUT2D eigenvalue weighted by Crippen LogP contribution is 2.18. The lowest BCUT2D eigenvalue weighted by Crippen LogP contribution is -1.87. The Bertz CT molecular complexity index is 522. The maximum atomic E-state index is 12.8. The van der Waals surface area contributed by atoms with Gasteiger partial charge in [0.2, 0.25) is 0 Å². The van der Waals surface area contributed by atoms with E-state index >= 15 is 0 Å². The van der Waals surface area contributed by atoms with E-state index in [2.05, 4.69) is 0 Å². The minimum Gasteiger partial charge on any atom is -0.207 e. The average Bonchev–Trinajstić information content (AvgIpc) is 2.25. The van der Waals surface area contributed by atoms with E-state index in [4.69, 9.17) is 15.8 Å². The second-order valence-electron chi connectivity index (χ2n) is 2.60. The normalized spacial score (nSPS) is 8.13. The minimum absolute atomic E-state index is 0.112. The smallest absolute Gasteiger partial charge is 0.148 e. The van der Waals surface area contributed by atoms with Crippen molar-refractivity contribution in [3.8, 4) is 18.2 Å². The maximum Gasteiger partial charge on any atom is 0.148 e. The Labute approximate surface area is 85.9 Å². The van der Waals surface area contributed by atoms with Crippen LogP contribution < -0.4 is 0 Å². The van der Waals surface area contributed by atoms with Crippen LogP contribution in [0.1, 0.15) is 5.56 Å². The third kappa shape index (κ3) is 2.18. The van der Waals surface area contributed by atoms with E-state index in [1.54, 1.807) is 18.2 Å². The lowest BCUT2D eigenvalue weighted by atomic mass is 10.0. The standard InChI is InChI=1S/C11H4FN3/c12-10-3-1-2-8(4-10)11(7-15)9(5-13)6-14/h1-4H. The van der Waals surface area contributed by atoms with Gasteiger partial charge < -0.3 is 0 Å². The monoisotopic (exact) mass is 197 g/mol. The summed E-state index contributed by atoms with van der Waals surface area (Å²) in [5, 5.41) is 25.9. The van der Waals surface area contributed by atoms with Crippen LogP contribution in [-0.2, 0) is 0 Å². The van der Waals surface area contributed by atoms with Crippen molar-refractivity contribution in [2.45, 2.75) is 0 Å². The van der Waals surface area contributed by atoms with Crippen LogP contribution in [0, 0.1) is 39.8 Å². The molecular weight excluding hydrogens is 193 g/mol. The van der Waals surface area contributed by atoms with Crippen molar-refractivity contribution in [2.75, 3.05) is 0 Å². The molecule has 0 aliphatic carbocycles. The van der Waals surface area contributed by atoms with Crippen LogP contribution in [0.15, 0.2) is 29.8 Å². The summed E-state index contributed by atoms with van der Waals surface area (Å²) >= 11 is 0. The number of nitrogens with zero attached hydrogens (tertiary/aromatic N) is 3. The summed E-state index contributed by atoms with van der Waals surface area (Å²) in [5.74, 6) is -0.518. The highest BCUT2D eigenvalue weighted by Gasteiger charge is 2.08. The molecule has 70 valence electrons. The maximum absolute atomic E-state index is 12.8. The SMILES string of the molecule is N#CC(C#N)=C(C#N)c1cccc(F)c1. The van der Waals surface area contributed by atoms with Gasteiger partial charge in [0.05, 0.1) is 5.57 Å². The number of nitriles is 3. The number of hydrogen-bond donors (Lipinski definition) is 0. The highest BCUT2D eigenvalue weighted by molar-refractivity contribution is 5.84. The highest BCUT2D eigenvalue weighted by atomic mass is 19.1. The molecule has 0 heterocycles. The van der Waals surface area contributed by atoms with Crippen molar-refractivity contribution >= 4 is 5.57 Å². The fourth-order valence-electron chi connectivity index (χ4n) is 1.05. The molecule has 1 rings (SSSR count). The van der Waals surface area contributed by atoms with Gasteiger partial charge in [-0.1, -0.05) is 12.1 Å². The van der Waals surface area contributed by atoms with E-state index < -0.39 is 5.82 Å². The van der Waals surface area contributed by atoms with Crippen LogP contribution in [0.2, 0.25) is 0 Å². The molecule has 0 atom stereocenters. The first-order valence-electron chi connectivity index (χ1n) is 3.93. The summed E-state index contributed by atoms with van der Waals surface area (Å²) in [6.45, 7) is 0. The second-order valence-corrected chi connectivity index (χ2v) is 2.60. The number of allylic oxidation sites excluding steroid dienone is 2. The van der Waals surface area contributed by atoms with E-state index in [1.807, 2.05) is 0 Å². The van der Waals surface area contributed by atoms with Crippen LogP contribution in [0.3, 0.4) is 0 Å². The number of rotatable bonds is 1. The molecule has 0 aromatic heterocycles. The Morgan fingerprint density at radius 2 is 1.73 bits per heavy atom. The summed E-state index contributed by atoms with van der Waals surface area (Å²) in [5.41, 5.74) is -0.196. The molecule has 1 aromatic rings. The molecule has 0 saturated carbocycles. The molecule has 0 aliphatic rings. The zero-order valence-corrected chi connectivity index (χ0v) is 7.53. The fourth-order valence-corrected chi connectivity index (χ4v) is 1.05. The third-order valence-corrected chi connectivity index (χ3v) is 1.70. The topological polar surface area (TPSA) is 71.4 Å². The molecule has 0 fully saturated rings. The molecular formula is C11H4FN3. The van der Waals surface area contributed by atoms with Gasteiger partial charge in [-0.3, -0.25) is 0 Å². The van der Waals surface area contributed by atoms with Gasteiger partial charge in [-0.15, -0.1) is 0 Å². The predicted octanol–water partition coefficient (Wildman–Crippen LogP) is 2.15. The zero-order valence-electron chi connectivity index (χ0n) is 7.53. The van der Waals surface area contributed by atoms with Crippen LogP contribution in [0.5, 0.6) is 0 Å². The van der Waals surface area contributed by atoms with Crippen molar-refractivity contribution in [3.05, 3.63) is 41.2 Å². The summed E-state index contributed by atoms with van der Waals surface area (Å²) in [4.78, 5) is 0. The van der Waals surface area contributed by atoms with Gasteiger partial charge in [0.15, 0.2) is 0 Å². The lowest BCUT2D eigenvalue weighted by Gasteiger charge is -1.97. The lowest BCUT2D eigenvalue weighted by molar-refractivity contribution is 0.627. The van der Waals surface area contributed by atoms with Crippen molar-refractivity contribution < 1.29 is 4.39 Å². The van der Waals surface area contributed by atoms with Crippen molar-refractivity contribution in [2.24, 2.45) is 0 Å². The van der Waals surface area contributed by atoms with Gasteiger partial charge >= 0.3 is 0 Å². The van der Waals surface area contributed by atoms with Crippen molar-refractivity contribution in [1.29, 1.82) is 15.8 Å². The van der Waals surface area contributed by atoms with Crippen LogP contribution >= 0.6 is 0 Å². The number of hydrogen-bond acceptors (Lipinski definition) is 3. The van der Waals surface area contributed by atoms with E-state index in [0.717, 1.165) is 6.07 Å². The Morgan fingerprint density at radius 3 is 2.20 bits per heavy atom.